The first kappa shape index (κ1) is 33.0. The van der Waals surface area contributed by atoms with E-state index in [0.717, 1.165) is 24.3 Å². The molecule has 1 heterocycles. The minimum Gasteiger partial charge on any atom is -0.493 e. The van der Waals surface area contributed by atoms with Crippen molar-refractivity contribution in [3.8, 4) is 11.5 Å². The van der Waals surface area contributed by atoms with Crippen LogP contribution in [0.2, 0.25) is 0 Å². The molecule has 4 rings (SSSR count). The number of aliphatic hydroxyl groups excluding tert-OH is 2. The van der Waals surface area contributed by atoms with E-state index in [1.54, 1.807) is 0 Å². The summed E-state index contributed by atoms with van der Waals surface area (Å²) < 4.78 is 56.8. The zero-order valence-corrected chi connectivity index (χ0v) is 24.5. The van der Waals surface area contributed by atoms with Crippen molar-refractivity contribution >= 4 is 18.1 Å². The van der Waals surface area contributed by atoms with Gasteiger partial charge in [0.15, 0.2) is 11.5 Å². The Hall–Kier alpha value is -3.94. The number of carbonyl (C=O) groups excluding carboxylic acids is 3. The van der Waals surface area contributed by atoms with Gasteiger partial charge in [0.25, 0.3) is 5.91 Å². The fraction of sp³-hybridized carbons (Fsp3) is 0.452. The van der Waals surface area contributed by atoms with E-state index in [-0.39, 0.29) is 60.6 Å². The number of hydrogen-bond donors (Lipinski definition) is 3. The molecule has 238 valence electrons. The molecule has 0 bridgehead atoms. The highest BCUT2D eigenvalue weighted by Gasteiger charge is 2.51. The highest BCUT2D eigenvalue weighted by atomic mass is 19.4. The molecule has 0 aromatic heterocycles. The van der Waals surface area contributed by atoms with Crippen LogP contribution < -0.4 is 14.8 Å². The van der Waals surface area contributed by atoms with Crippen LogP contribution in [0.15, 0.2) is 48.0 Å². The van der Waals surface area contributed by atoms with Crippen LogP contribution in [0.25, 0.3) is 0 Å². The molecule has 0 fully saturated rings. The van der Waals surface area contributed by atoms with Gasteiger partial charge in [0, 0.05) is 42.0 Å². The van der Waals surface area contributed by atoms with E-state index in [1.165, 1.54) is 30.2 Å². The first-order valence-corrected chi connectivity index (χ1v) is 14.1. The number of nitrogens with zero attached hydrogens (tertiary/aromatic N) is 1. The maximum atomic E-state index is 13.9. The van der Waals surface area contributed by atoms with Gasteiger partial charge in [0.1, 0.15) is 18.5 Å². The number of hydrogen-bond acceptors (Lipinski definition) is 8. The number of benzene rings is 2. The third-order valence-corrected chi connectivity index (χ3v) is 7.49. The monoisotopic (exact) mass is 620 g/mol. The maximum absolute atomic E-state index is 13.9. The van der Waals surface area contributed by atoms with Crippen molar-refractivity contribution in [1.29, 1.82) is 0 Å². The molecule has 1 aliphatic carbocycles. The normalized spacial score (nSPS) is 20.7. The second-order valence-corrected chi connectivity index (χ2v) is 10.7. The first-order chi connectivity index (χ1) is 20.9. The highest BCUT2D eigenvalue weighted by molar-refractivity contribution is 5.98. The van der Waals surface area contributed by atoms with Crippen LogP contribution in [0.4, 0.5) is 13.2 Å². The van der Waals surface area contributed by atoms with Crippen LogP contribution in [-0.4, -0.2) is 91.0 Å². The Labute approximate surface area is 252 Å². The van der Waals surface area contributed by atoms with E-state index in [9.17, 15) is 37.8 Å². The molecule has 0 spiro atoms. The number of amides is 2. The summed E-state index contributed by atoms with van der Waals surface area (Å²) in [7, 11) is 1.38. The van der Waals surface area contributed by atoms with Crippen molar-refractivity contribution in [2.24, 2.45) is 0 Å². The van der Waals surface area contributed by atoms with Gasteiger partial charge in [-0.2, -0.15) is 13.2 Å². The number of aldehydes is 1. The largest absolute Gasteiger partial charge is 0.493 e. The van der Waals surface area contributed by atoms with Gasteiger partial charge in [0.2, 0.25) is 5.91 Å². The smallest absolute Gasteiger partial charge is 0.416 e. The number of fused-ring (bicyclic) bond motifs is 3. The summed E-state index contributed by atoms with van der Waals surface area (Å²) in [5.41, 5.74) is -0.183. The number of nitrogens with one attached hydrogen (secondary N) is 1. The van der Waals surface area contributed by atoms with Crippen LogP contribution in [-0.2, 0) is 15.7 Å². The predicted octanol–water partition coefficient (Wildman–Crippen LogP) is 3.11. The van der Waals surface area contributed by atoms with E-state index in [2.05, 4.69) is 5.32 Å². The summed E-state index contributed by atoms with van der Waals surface area (Å²) in [5, 5.41) is 23.6. The van der Waals surface area contributed by atoms with Gasteiger partial charge < -0.3 is 34.6 Å². The number of methoxy groups -OCH3 is 1. The van der Waals surface area contributed by atoms with Crippen LogP contribution in [0.1, 0.15) is 58.0 Å². The summed E-state index contributed by atoms with van der Waals surface area (Å²) in [6.07, 6.45) is -4.83. The number of carbonyl (C=O) groups is 3. The number of aliphatic hydroxyl groups is 2. The molecule has 44 heavy (non-hydrogen) atoms. The number of ether oxygens (including phenoxy) is 3. The Morgan fingerprint density at radius 1 is 1.18 bits per heavy atom. The molecule has 1 aliphatic heterocycles. The molecule has 4 atom stereocenters. The van der Waals surface area contributed by atoms with Gasteiger partial charge in [0.05, 0.1) is 37.3 Å². The molecule has 0 radical (unpaired) electrons. The lowest BCUT2D eigenvalue weighted by atomic mass is 9.77. The topological polar surface area (TPSA) is 135 Å². The Bertz CT molecular complexity index is 1390. The van der Waals surface area contributed by atoms with Crippen molar-refractivity contribution in [1.82, 2.24) is 10.2 Å². The molecular weight excluding hydrogens is 585 g/mol. The van der Waals surface area contributed by atoms with Crippen molar-refractivity contribution in [2.45, 2.75) is 56.7 Å². The van der Waals surface area contributed by atoms with Crippen LogP contribution in [0.3, 0.4) is 0 Å². The molecule has 0 saturated heterocycles. The lowest BCUT2D eigenvalue weighted by molar-refractivity contribution is -0.137. The van der Waals surface area contributed by atoms with Crippen LogP contribution in [0.5, 0.6) is 11.5 Å². The fourth-order valence-electron chi connectivity index (χ4n) is 5.47. The molecule has 2 amide bonds. The van der Waals surface area contributed by atoms with E-state index in [0.29, 0.717) is 18.3 Å². The average Bonchev–Trinajstić information content (AvgIpc) is 3.39. The average molecular weight is 621 g/mol. The molecule has 2 aromatic carbocycles. The van der Waals surface area contributed by atoms with Crippen molar-refractivity contribution < 1.29 is 52.0 Å². The molecule has 13 heteroatoms. The Balaban J connectivity index is 1.78. The molecule has 0 saturated carbocycles. The van der Waals surface area contributed by atoms with Crippen LogP contribution in [0, 0.1) is 0 Å². The quantitative estimate of drug-likeness (QED) is 0.244. The summed E-state index contributed by atoms with van der Waals surface area (Å²) in [6, 6.07) is 5.57. The molecular formula is C31H35F3N2O8. The zero-order valence-electron chi connectivity index (χ0n) is 24.5. The third-order valence-electron chi connectivity index (χ3n) is 7.49. The number of halogens is 3. The van der Waals surface area contributed by atoms with E-state index < -0.39 is 47.7 Å². The Morgan fingerprint density at radius 2 is 1.89 bits per heavy atom. The second kappa shape index (κ2) is 13.8. The molecule has 3 N–H and O–H groups in total. The van der Waals surface area contributed by atoms with Crippen molar-refractivity contribution in [3.05, 3.63) is 70.3 Å². The van der Waals surface area contributed by atoms with E-state index >= 15 is 0 Å². The summed E-state index contributed by atoms with van der Waals surface area (Å²) in [5.74, 6) is -1.70. The van der Waals surface area contributed by atoms with E-state index in [1.807, 2.05) is 13.8 Å². The third kappa shape index (κ3) is 6.90. The minimum atomic E-state index is -4.59. The number of alkyl halides is 3. The second-order valence-electron chi connectivity index (χ2n) is 10.7. The van der Waals surface area contributed by atoms with Crippen LogP contribution >= 0.6 is 0 Å². The van der Waals surface area contributed by atoms with Gasteiger partial charge in [-0.05, 0) is 62.7 Å². The fourth-order valence-corrected chi connectivity index (χ4v) is 5.47. The van der Waals surface area contributed by atoms with Gasteiger partial charge >= 0.3 is 6.18 Å². The lowest BCUT2D eigenvalue weighted by Crippen LogP contribution is -2.56. The first-order valence-electron chi connectivity index (χ1n) is 14.1. The van der Waals surface area contributed by atoms with Gasteiger partial charge in [-0.15, -0.1) is 0 Å². The summed E-state index contributed by atoms with van der Waals surface area (Å²) in [6.45, 7) is 3.55. The standard InChI is InChI=1S/C31H35F3N2O8/c1-17(2)43-12-4-10-36(30(41)19-5-7-20(8-6-19)31(32,33)34)23-15-22(29(40)35-9-11-37)25-21-13-18(16-38)14-24(42-3)27(21)44-28(25)26(23)39/h5-8,13-17,23,25-26,28,37,39H,4,9-12H2,1-3H3,(H,35,40)/t23-,25+,26+,28+/m1/s1. The minimum absolute atomic E-state index is 0.0271. The Morgan fingerprint density at radius 3 is 2.48 bits per heavy atom. The lowest BCUT2D eigenvalue weighted by Gasteiger charge is -2.40. The van der Waals surface area contributed by atoms with Gasteiger partial charge in [-0.1, -0.05) is 0 Å². The van der Waals surface area contributed by atoms with Crippen molar-refractivity contribution in [3.63, 3.8) is 0 Å². The van der Waals surface area contributed by atoms with Gasteiger partial charge in [-0.25, -0.2) is 0 Å². The molecule has 0 unspecified atom stereocenters. The summed E-state index contributed by atoms with van der Waals surface area (Å²) in [4.78, 5) is 40.2. The number of rotatable bonds is 12. The van der Waals surface area contributed by atoms with Crippen molar-refractivity contribution in [2.75, 3.05) is 33.4 Å². The Kier molecular flexibility index (Phi) is 10.3. The molecule has 2 aliphatic rings. The van der Waals surface area contributed by atoms with E-state index in [4.69, 9.17) is 14.2 Å². The molecule has 10 nitrogen and oxygen atoms in total. The molecule has 2 aromatic rings. The highest BCUT2D eigenvalue weighted by Crippen LogP contribution is 2.51. The SMILES string of the molecule is COc1cc(C=O)cc2c1O[C@@H]1[C@@H](O)[C@H](N(CCCOC(C)C)C(=O)c3ccc(C(F)(F)F)cc3)C=C(C(=O)NCCO)[C@H]21. The maximum Gasteiger partial charge on any atom is 0.416 e. The summed E-state index contributed by atoms with van der Waals surface area (Å²) >= 11 is 0. The zero-order chi connectivity index (χ0) is 32.2. The van der Waals surface area contributed by atoms with Gasteiger partial charge in [-0.3, -0.25) is 14.4 Å². The predicted molar refractivity (Wildman–Crippen MR) is 152 cm³/mol.